The fourth-order valence-electron chi connectivity index (χ4n) is 1.37. The van der Waals surface area contributed by atoms with Gasteiger partial charge in [0.15, 0.2) is 0 Å². The summed E-state index contributed by atoms with van der Waals surface area (Å²) < 4.78 is 5.51. The Hall–Kier alpha value is -1.06. The first-order valence-electron chi connectivity index (χ1n) is 5.22. The second-order valence-electron chi connectivity index (χ2n) is 3.55. The first-order chi connectivity index (χ1) is 7.27. The maximum atomic E-state index is 9.13. The van der Waals surface area contributed by atoms with Gasteiger partial charge in [-0.15, -0.1) is 0 Å². The molecule has 84 valence electrons. The van der Waals surface area contributed by atoms with Gasteiger partial charge in [0, 0.05) is 12.2 Å². The summed E-state index contributed by atoms with van der Waals surface area (Å²) in [5.74, 6) is 0.737. The van der Waals surface area contributed by atoms with Gasteiger partial charge in [0.1, 0.15) is 5.75 Å². The lowest BCUT2D eigenvalue weighted by Crippen LogP contribution is -2.01. The molecule has 3 nitrogen and oxygen atoms in total. The van der Waals surface area contributed by atoms with Crippen LogP contribution in [0.1, 0.15) is 24.0 Å². The van der Waals surface area contributed by atoms with Gasteiger partial charge in [-0.2, -0.15) is 0 Å². The van der Waals surface area contributed by atoms with Gasteiger partial charge in [0.05, 0.1) is 13.2 Å². The monoisotopic (exact) mass is 210 g/mol. The number of ether oxygens (including phenoxy) is 1. The summed E-state index contributed by atoms with van der Waals surface area (Å²) in [6.45, 7) is 2.76. The summed E-state index contributed by atoms with van der Waals surface area (Å²) >= 11 is 0. The van der Waals surface area contributed by atoms with Crippen LogP contribution in [0.4, 0.5) is 0 Å². The van der Waals surface area contributed by atoms with Crippen molar-refractivity contribution in [2.75, 3.05) is 13.2 Å². The Labute approximate surface area is 90.3 Å². The molecule has 0 aromatic heterocycles. The molecule has 0 fully saturated rings. The van der Waals surface area contributed by atoms with Crippen LogP contribution in [-0.4, -0.2) is 23.4 Å². The van der Waals surface area contributed by atoms with Crippen LogP contribution in [-0.2, 0) is 6.61 Å². The van der Waals surface area contributed by atoms with Crippen molar-refractivity contribution >= 4 is 0 Å². The highest BCUT2D eigenvalue weighted by atomic mass is 16.5. The Balaban J connectivity index is 2.52. The Morgan fingerprint density at radius 3 is 2.67 bits per heavy atom. The highest BCUT2D eigenvalue weighted by Crippen LogP contribution is 2.20. The number of aryl methyl sites for hydroxylation is 1. The predicted octanol–water partition coefficient (Wildman–Crippen LogP) is 1.64. The minimum atomic E-state index is -0.00296. The molecular weight excluding hydrogens is 192 g/mol. The molecule has 1 aromatic rings. The number of rotatable bonds is 6. The Kier molecular flexibility index (Phi) is 5.15. The highest BCUT2D eigenvalue weighted by molar-refractivity contribution is 5.36. The van der Waals surface area contributed by atoms with Crippen LogP contribution in [0.5, 0.6) is 5.75 Å². The first-order valence-corrected chi connectivity index (χ1v) is 5.22. The Bertz CT molecular complexity index is 297. The molecule has 0 spiro atoms. The van der Waals surface area contributed by atoms with Crippen LogP contribution in [0.2, 0.25) is 0 Å². The third-order valence-corrected chi connectivity index (χ3v) is 2.20. The molecular formula is C12H18O3. The molecule has 0 heterocycles. The molecule has 0 aliphatic carbocycles. The molecule has 1 aromatic carbocycles. The summed E-state index contributed by atoms with van der Waals surface area (Å²) in [4.78, 5) is 0. The second kappa shape index (κ2) is 6.43. The van der Waals surface area contributed by atoms with E-state index in [1.807, 2.05) is 25.1 Å². The minimum Gasteiger partial charge on any atom is -0.493 e. The van der Waals surface area contributed by atoms with Gasteiger partial charge < -0.3 is 14.9 Å². The lowest BCUT2D eigenvalue weighted by molar-refractivity contribution is 0.242. The highest BCUT2D eigenvalue weighted by Gasteiger charge is 2.02. The van der Waals surface area contributed by atoms with Crippen molar-refractivity contribution in [3.05, 3.63) is 29.3 Å². The van der Waals surface area contributed by atoms with E-state index in [1.54, 1.807) is 0 Å². The van der Waals surface area contributed by atoms with Crippen LogP contribution in [0.25, 0.3) is 0 Å². The largest absolute Gasteiger partial charge is 0.493 e. The number of aliphatic hydroxyl groups excluding tert-OH is 2. The summed E-state index contributed by atoms with van der Waals surface area (Å²) in [7, 11) is 0. The van der Waals surface area contributed by atoms with Gasteiger partial charge in [0.25, 0.3) is 0 Å². The average molecular weight is 210 g/mol. The fourth-order valence-corrected chi connectivity index (χ4v) is 1.37. The maximum Gasteiger partial charge on any atom is 0.124 e. The number of benzene rings is 1. The molecule has 1 rings (SSSR count). The van der Waals surface area contributed by atoms with E-state index >= 15 is 0 Å². The molecule has 0 radical (unpaired) electrons. The van der Waals surface area contributed by atoms with E-state index in [1.165, 1.54) is 0 Å². The number of hydrogen-bond acceptors (Lipinski definition) is 3. The molecule has 3 heteroatoms. The summed E-state index contributed by atoms with van der Waals surface area (Å²) in [5.41, 5.74) is 1.93. The molecule has 2 N–H and O–H groups in total. The lowest BCUT2D eigenvalue weighted by Gasteiger charge is -2.10. The van der Waals surface area contributed by atoms with Crippen molar-refractivity contribution in [1.29, 1.82) is 0 Å². The third-order valence-electron chi connectivity index (χ3n) is 2.20. The van der Waals surface area contributed by atoms with Gasteiger partial charge in [-0.25, -0.2) is 0 Å². The van der Waals surface area contributed by atoms with Crippen molar-refractivity contribution in [2.24, 2.45) is 0 Å². The lowest BCUT2D eigenvalue weighted by atomic mass is 10.1. The van der Waals surface area contributed by atoms with E-state index in [0.717, 1.165) is 29.7 Å². The first kappa shape index (κ1) is 12.0. The molecule has 0 saturated carbocycles. The van der Waals surface area contributed by atoms with Gasteiger partial charge in [0.2, 0.25) is 0 Å². The summed E-state index contributed by atoms with van der Waals surface area (Å²) in [6, 6.07) is 5.75. The van der Waals surface area contributed by atoms with Crippen molar-refractivity contribution in [3.63, 3.8) is 0 Å². The number of unbranched alkanes of at least 4 members (excludes halogenated alkanes) is 1. The minimum absolute atomic E-state index is 0.00296. The maximum absolute atomic E-state index is 9.13. The van der Waals surface area contributed by atoms with E-state index in [4.69, 9.17) is 14.9 Å². The van der Waals surface area contributed by atoms with Crippen molar-refractivity contribution in [2.45, 2.75) is 26.4 Å². The number of hydrogen-bond donors (Lipinski definition) is 2. The van der Waals surface area contributed by atoms with Crippen LogP contribution < -0.4 is 4.74 Å². The normalized spacial score (nSPS) is 10.3. The number of aliphatic hydroxyl groups is 2. The predicted molar refractivity (Wildman–Crippen MR) is 58.9 cm³/mol. The molecule has 0 bridgehead atoms. The quantitative estimate of drug-likeness (QED) is 0.702. The molecule has 0 aliphatic rings. The molecule has 0 amide bonds. The van der Waals surface area contributed by atoms with E-state index in [9.17, 15) is 0 Å². The zero-order valence-electron chi connectivity index (χ0n) is 9.07. The molecule has 0 aliphatic heterocycles. The van der Waals surface area contributed by atoms with Gasteiger partial charge in [-0.3, -0.25) is 0 Å². The van der Waals surface area contributed by atoms with Gasteiger partial charge in [-0.05, 0) is 25.8 Å². The van der Waals surface area contributed by atoms with Crippen molar-refractivity contribution in [3.8, 4) is 5.75 Å². The molecule has 0 atom stereocenters. The third kappa shape index (κ3) is 3.90. The second-order valence-corrected chi connectivity index (χ2v) is 3.55. The fraction of sp³-hybridized carbons (Fsp3) is 0.500. The van der Waals surface area contributed by atoms with E-state index < -0.39 is 0 Å². The Morgan fingerprint density at radius 1 is 1.20 bits per heavy atom. The van der Waals surface area contributed by atoms with Crippen molar-refractivity contribution < 1.29 is 14.9 Å². The topological polar surface area (TPSA) is 49.7 Å². The summed E-state index contributed by atoms with van der Waals surface area (Å²) in [6.07, 6.45) is 1.58. The van der Waals surface area contributed by atoms with Crippen molar-refractivity contribution in [1.82, 2.24) is 0 Å². The zero-order valence-corrected chi connectivity index (χ0v) is 9.07. The summed E-state index contributed by atoms with van der Waals surface area (Å²) in [5, 5.41) is 17.7. The van der Waals surface area contributed by atoms with Crippen LogP contribution in [0, 0.1) is 6.92 Å². The smallest absolute Gasteiger partial charge is 0.124 e. The zero-order chi connectivity index (χ0) is 11.1. The standard InChI is InChI=1S/C12H18O3/c1-10-4-5-12(11(8-10)9-14)15-7-3-2-6-13/h4-5,8,13-14H,2-3,6-7,9H2,1H3. The average Bonchev–Trinajstić information content (AvgIpc) is 2.26. The van der Waals surface area contributed by atoms with E-state index in [2.05, 4.69) is 0 Å². The SMILES string of the molecule is Cc1ccc(OCCCCO)c(CO)c1. The molecule has 0 saturated heterocycles. The Morgan fingerprint density at radius 2 is 2.00 bits per heavy atom. The van der Waals surface area contributed by atoms with Crippen LogP contribution >= 0.6 is 0 Å². The molecule has 15 heavy (non-hydrogen) atoms. The van der Waals surface area contributed by atoms with E-state index in [0.29, 0.717) is 6.61 Å². The van der Waals surface area contributed by atoms with Crippen LogP contribution in [0.3, 0.4) is 0 Å². The van der Waals surface area contributed by atoms with E-state index in [-0.39, 0.29) is 13.2 Å². The van der Waals surface area contributed by atoms with Crippen LogP contribution in [0.15, 0.2) is 18.2 Å². The van der Waals surface area contributed by atoms with Gasteiger partial charge in [-0.1, -0.05) is 17.7 Å². The molecule has 0 unspecified atom stereocenters. The van der Waals surface area contributed by atoms with Gasteiger partial charge >= 0.3 is 0 Å².